The maximum atomic E-state index is 12.3. The fourth-order valence-electron chi connectivity index (χ4n) is 3.56. The lowest BCUT2D eigenvalue weighted by molar-refractivity contribution is 0.0938. The number of likely N-dealkylation sites (tertiary alicyclic amines) is 1. The molecule has 2 aromatic rings. The van der Waals surface area contributed by atoms with Crippen molar-refractivity contribution in [1.29, 1.82) is 0 Å². The summed E-state index contributed by atoms with van der Waals surface area (Å²) in [7, 11) is 0. The third kappa shape index (κ3) is 3.30. The van der Waals surface area contributed by atoms with Crippen molar-refractivity contribution in [2.24, 2.45) is 11.8 Å². The summed E-state index contributed by atoms with van der Waals surface area (Å²) in [6.07, 6.45) is 3.05. The molecular weight excluding hydrogens is 276 g/mol. The molecule has 0 bridgehead atoms. The van der Waals surface area contributed by atoms with Crippen molar-refractivity contribution in [2.75, 3.05) is 26.2 Å². The third-order valence-corrected chi connectivity index (χ3v) is 4.38. The first-order valence-corrected chi connectivity index (χ1v) is 8.06. The van der Waals surface area contributed by atoms with E-state index in [0.29, 0.717) is 12.1 Å². The lowest BCUT2D eigenvalue weighted by Crippen LogP contribution is -2.42. The van der Waals surface area contributed by atoms with E-state index in [0.717, 1.165) is 42.4 Å². The van der Waals surface area contributed by atoms with Gasteiger partial charge in [0.25, 0.3) is 5.91 Å². The molecule has 3 rings (SSSR count). The minimum Gasteiger partial charge on any atom is -0.351 e. The topological polar surface area (TPSA) is 61.0 Å². The standard InChI is InChI=1S/C17H24N4O/c1-12-8-13(2)11-21(10-12)7-6-18-17(22)15-5-3-4-14-9-19-20-16(14)15/h3-5,9,12-13H,6-8,10-11H2,1-2H3,(H,18,22)(H,19,20). The molecule has 2 atom stereocenters. The molecule has 2 N–H and O–H groups in total. The van der Waals surface area contributed by atoms with Crippen LogP contribution in [0.15, 0.2) is 24.4 Å². The molecule has 0 radical (unpaired) electrons. The van der Waals surface area contributed by atoms with Crippen molar-refractivity contribution in [3.8, 4) is 0 Å². The number of aromatic nitrogens is 2. The van der Waals surface area contributed by atoms with E-state index in [1.807, 2.05) is 18.2 Å². The second-order valence-electron chi connectivity index (χ2n) is 6.60. The van der Waals surface area contributed by atoms with Crippen molar-refractivity contribution in [3.05, 3.63) is 30.0 Å². The van der Waals surface area contributed by atoms with Crippen LogP contribution in [0.25, 0.3) is 10.9 Å². The number of nitrogens with one attached hydrogen (secondary N) is 2. The van der Waals surface area contributed by atoms with Crippen LogP contribution in [0.2, 0.25) is 0 Å². The van der Waals surface area contributed by atoms with Crippen molar-refractivity contribution in [3.63, 3.8) is 0 Å². The molecule has 5 nitrogen and oxygen atoms in total. The molecule has 1 fully saturated rings. The summed E-state index contributed by atoms with van der Waals surface area (Å²) in [6.45, 7) is 8.48. The van der Waals surface area contributed by atoms with Gasteiger partial charge in [-0.2, -0.15) is 5.10 Å². The summed E-state index contributed by atoms with van der Waals surface area (Å²) in [5.74, 6) is 1.46. The summed E-state index contributed by atoms with van der Waals surface area (Å²) in [4.78, 5) is 14.8. The number of H-pyrrole nitrogens is 1. The Morgan fingerprint density at radius 3 is 2.91 bits per heavy atom. The molecule has 1 aromatic heterocycles. The molecular formula is C17H24N4O. The van der Waals surface area contributed by atoms with Gasteiger partial charge in [-0.1, -0.05) is 26.0 Å². The number of aromatic amines is 1. The number of carbonyl (C=O) groups is 1. The highest BCUT2D eigenvalue weighted by Crippen LogP contribution is 2.20. The molecule has 1 aliphatic heterocycles. The Bertz CT molecular complexity index is 641. The first-order valence-electron chi connectivity index (χ1n) is 8.06. The van der Waals surface area contributed by atoms with E-state index in [4.69, 9.17) is 0 Å². The van der Waals surface area contributed by atoms with Gasteiger partial charge in [0.2, 0.25) is 0 Å². The van der Waals surface area contributed by atoms with E-state index >= 15 is 0 Å². The van der Waals surface area contributed by atoms with Gasteiger partial charge in [-0.3, -0.25) is 9.89 Å². The van der Waals surface area contributed by atoms with Crippen LogP contribution in [0.3, 0.4) is 0 Å². The fourth-order valence-corrected chi connectivity index (χ4v) is 3.56. The average Bonchev–Trinajstić information content (AvgIpc) is 2.94. The Morgan fingerprint density at radius 2 is 2.14 bits per heavy atom. The normalized spacial score (nSPS) is 22.8. The van der Waals surface area contributed by atoms with Crippen LogP contribution in [0.1, 0.15) is 30.6 Å². The lowest BCUT2D eigenvalue weighted by Gasteiger charge is -2.34. The van der Waals surface area contributed by atoms with Gasteiger partial charge in [0.15, 0.2) is 0 Å². The number of rotatable bonds is 4. The van der Waals surface area contributed by atoms with Crippen molar-refractivity contribution in [1.82, 2.24) is 20.4 Å². The van der Waals surface area contributed by atoms with Gasteiger partial charge in [0, 0.05) is 31.6 Å². The maximum absolute atomic E-state index is 12.3. The Morgan fingerprint density at radius 1 is 1.36 bits per heavy atom. The molecule has 118 valence electrons. The molecule has 0 spiro atoms. The molecule has 5 heteroatoms. The summed E-state index contributed by atoms with van der Waals surface area (Å²) in [5, 5.41) is 10.9. The maximum Gasteiger partial charge on any atom is 0.253 e. The summed E-state index contributed by atoms with van der Waals surface area (Å²) in [5.41, 5.74) is 1.47. The van der Waals surface area contributed by atoms with Gasteiger partial charge < -0.3 is 10.2 Å². The molecule has 1 aliphatic rings. The van der Waals surface area contributed by atoms with Gasteiger partial charge in [-0.25, -0.2) is 0 Å². The zero-order valence-corrected chi connectivity index (χ0v) is 13.3. The minimum atomic E-state index is -0.0343. The van der Waals surface area contributed by atoms with Crippen molar-refractivity contribution in [2.45, 2.75) is 20.3 Å². The highest BCUT2D eigenvalue weighted by atomic mass is 16.1. The van der Waals surface area contributed by atoms with Crippen LogP contribution in [0, 0.1) is 11.8 Å². The number of carbonyl (C=O) groups excluding carboxylic acids is 1. The average molecular weight is 300 g/mol. The molecule has 1 saturated heterocycles. The van der Waals surface area contributed by atoms with Gasteiger partial charge in [0.1, 0.15) is 0 Å². The smallest absolute Gasteiger partial charge is 0.253 e. The highest BCUT2D eigenvalue weighted by molar-refractivity contribution is 6.05. The number of amides is 1. The quantitative estimate of drug-likeness (QED) is 0.910. The number of hydrogen-bond donors (Lipinski definition) is 2. The van der Waals surface area contributed by atoms with Crippen molar-refractivity contribution < 1.29 is 4.79 Å². The van der Waals surface area contributed by atoms with Crippen LogP contribution in [-0.4, -0.2) is 47.2 Å². The minimum absolute atomic E-state index is 0.0343. The Labute approximate surface area is 131 Å². The molecule has 1 amide bonds. The second-order valence-corrected chi connectivity index (χ2v) is 6.60. The van der Waals surface area contributed by atoms with Crippen LogP contribution in [0.4, 0.5) is 0 Å². The number of piperidine rings is 1. The van der Waals surface area contributed by atoms with E-state index in [2.05, 4.69) is 34.3 Å². The van der Waals surface area contributed by atoms with Crippen LogP contribution < -0.4 is 5.32 Å². The van der Waals surface area contributed by atoms with E-state index < -0.39 is 0 Å². The molecule has 2 unspecified atom stereocenters. The fraction of sp³-hybridized carbons (Fsp3) is 0.529. The lowest BCUT2D eigenvalue weighted by atomic mass is 9.92. The molecule has 0 saturated carbocycles. The third-order valence-electron chi connectivity index (χ3n) is 4.38. The van der Waals surface area contributed by atoms with Crippen LogP contribution >= 0.6 is 0 Å². The Kier molecular flexibility index (Phi) is 4.43. The molecule has 0 aliphatic carbocycles. The second kappa shape index (κ2) is 6.48. The highest BCUT2D eigenvalue weighted by Gasteiger charge is 2.21. The van der Waals surface area contributed by atoms with E-state index in [-0.39, 0.29) is 5.91 Å². The van der Waals surface area contributed by atoms with Gasteiger partial charge in [-0.15, -0.1) is 0 Å². The van der Waals surface area contributed by atoms with Crippen LogP contribution in [-0.2, 0) is 0 Å². The van der Waals surface area contributed by atoms with Gasteiger partial charge >= 0.3 is 0 Å². The molecule has 1 aromatic carbocycles. The van der Waals surface area contributed by atoms with E-state index in [1.165, 1.54) is 6.42 Å². The first-order chi connectivity index (χ1) is 10.6. The zero-order valence-electron chi connectivity index (χ0n) is 13.3. The van der Waals surface area contributed by atoms with E-state index in [1.54, 1.807) is 6.20 Å². The number of nitrogens with zero attached hydrogens (tertiary/aromatic N) is 2. The first kappa shape index (κ1) is 15.0. The monoisotopic (exact) mass is 300 g/mol. The zero-order chi connectivity index (χ0) is 15.5. The summed E-state index contributed by atoms with van der Waals surface area (Å²) in [6, 6.07) is 5.67. The Balaban J connectivity index is 1.55. The number of para-hydroxylation sites is 1. The molecule has 2 heterocycles. The largest absolute Gasteiger partial charge is 0.351 e. The van der Waals surface area contributed by atoms with E-state index in [9.17, 15) is 4.79 Å². The predicted octanol–water partition coefficient (Wildman–Crippen LogP) is 2.27. The Hall–Kier alpha value is -1.88. The van der Waals surface area contributed by atoms with Gasteiger partial charge in [-0.05, 0) is 24.3 Å². The van der Waals surface area contributed by atoms with Gasteiger partial charge in [0.05, 0.1) is 17.3 Å². The number of hydrogen-bond acceptors (Lipinski definition) is 3. The SMILES string of the molecule is CC1CC(C)CN(CCNC(=O)c2cccc3cn[nH]c23)C1. The number of fused-ring (bicyclic) bond motifs is 1. The summed E-state index contributed by atoms with van der Waals surface area (Å²) >= 11 is 0. The van der Waals surface area contributed by atoms with Crippen LogP contribution in [0.5, 0.6) is 0 Å². The summed E-state index contributed by atoms with van der Waals surface area (Å²) < 4.78 is 0. The van der Waals surface area contributed by atoms with Crippen molar-refractivity contribution >= 4 is 16.8 Å². The molecule has 22 heavy (non-hydrogen) atoms. The predicted molar refractivity (Wildman–Crippen MR) is 87.8 cm³/mol. The number of benzene rings is 1.